The highest BCUT2D eigenvalue weighted by Crippen LogP contribution is 2.13. The Morgan fingerprint density at radius 3 is 2.40 bits per heavy atom. The number of hydrogen-bond acceptors (Lipinski definition) is 3. The first-order chi connectivity index (χ1) is 12.1. The Labute approximate surface area is 146 Å². The number of hydrogen-bond donors (Lipinski definition) is 1. The van der Waals surface area contributed by atoms with Crippen LogP contribution < -0.4 is 10.9 Å². The predicted molar refractivity (Wildman–Crippen MR) is 96.9 cm³/mol. The molecule has 1 atom stereocenters. The molecular weight excluding hydrogens is 314 g/mol. The molecule has 0 saturated heterocycles. The number of carbonyl (C=O) groups is 1. The van der Waals surface area contributed by atoms with Gasteiger partial charge in [0, 0.05) is 6.20 Å². The van der Waals surface area contributed by atoms with Gasteiger partial charge >= 0.3 is 0 Å². The first-order valence-electron chi connectivity index (χ1n) is 8.09. The molecule has 1 N–H and O–H groups in total. The van der Waals surface area contributed by atoms with Crippen LogP contribution in [0.1, 0.15) is 18.5 Å². The molecule has 0 aliphatic carbocycles. The smallest absolute Gasteiger partial charge is 0.261 e. The van der Waals surface area contributed by atoms with Gasteiger partial charge in [0.2, 0.25) is 5.91 Å². The zero-order valence-corrected chi connectivity index (χ0v) is 13.9. The molecule has 5 heteroatoms. The van der Waals surface area contributed by atoms with Crippen LogP contribution in [0.2, 0.25) is 0 Å². The highest BCUT2D eigenvalue weighted by Gasteiger charge is 2.12. The fraction of sp³-hybridized carbons (Fsp3) is 0.150. The molecule has 1 heterocycles. The molecule has 25 heavy (non-hydrogen) atoms. The van der Waals surface area contributed by atoms with Gasteiger partial charge in [-0.1, -0.05) is 60.7 Å². The number of nitrogens with one attached hydrogen (secondary N) is 1. The molecule has 1 aromatic heterocycles. The van der Waals surface area contributed by atoms with E-state index in [1.807, 2.05) is 67.6 Å². The van der Waals surface area contributed by atoms with Crippen molar-refractivity contribution in [3.63, 3.8) is 0 Å². The second-order valence-corrected chi connectivity index (χ2v) is 5.81. The van der Waals surface area contributed by atoms with Gasteiger partial charge in [0.25, 0.3) is 5.56 Å². The van der Waals surface area contributed by atoms with Crippen LogP contribution in [0.25, 0.3) is 11.1 Å². The van der Waals surface area contributed by atoms with Crippen molar-refractivity contribution in [3.05, 3.63) is 89.1 Å². The molecule has 0 aliphatic heterocycles. The second-order valence-electron chi connectivity index (χ2n) is 5.81. The summed E-state index contributed by atoms with van der Waals surface area (Å²) in [7, 11) is 0. The topological polar surface area (TPSA) is 64.0 Å². The van der Waals surface area contributed by atoms with Gasteiger partial charge < -0.3 is 5.32 Å². The van der Waals surface area contributed by atoms with E-state index in [9.17, 15) is 9.59 Å². The highest BCUT2D eigenvalue weighted by atomic mass is 16.2. The van der Waals surface area contributed by atoms with Crippen LogP contribution in [0.3, 0.4) is 0 Å². The molecular formula is C20H19N3O2. The van der Waals surface area contributed by atoms with E-state index >= 15 is 0 Å². The fourth-order valence-electron chi connectivity index (χ4n) is 2.65. The molecule has 0 saturated carbocycles. The molecule has 0 radical (unpaired) electrons. The second kappa shape index (κ2) is 7.57. The van der Waals surface area contributed by atoms with Crippen LogP contribution >= 0.6 is 0 Å². The van der Waals surface area contributed by atoms with Crippen molar-refractivity contribution >= 4 is 5.91 Å². The van der Waals surface area contributed by atoms with Gasteiger partial charge in [-0.3, -0.25) is 14.2 Å². The Bertz CT molecular complexity index is 905. The Balaban J connectivity index is 1.75. The number of amides is 1. The summed E-state index contributed by atoms with van der Waals surface area (Å²) in [5.41, 5.74) is 2.04. The Hall–Kier alpha value is -3.21. The molecule has 0 spiro atoms. The molecule has 0 aliphatic rings. The first-order valence-corrected chi connectivity index (χ1v) is 8.09. The van der Waals surface area contributed by atoms with E-state index in [2.05, 4.69) is 10.3 Å². The largest absolute Gasteiger partial charge is 0.348 e. The number of benzene rings is 2. The van der Waals surface area contributed by atoms with Crippen molar-refractivity contribution < 1.29 is 4.79 Å². The summed E-state index contributed by atoms with van der Waals surface area (Å²) >= 11 is 0. The fourth-order valence-corrected chi connectivity index (χ4v) is 2.65. The average molecular weight is 333 g/mol. The Morgan fingerprint density at radius 2 is 1.72 bits per heavy atom. The van der Waals surface area contributed by atoms with Gasteiger partial charge in [0.05, 0.1) is 17.9 Å². The van der Waals surface area contributed by atoms with Crippen molar-refractivity contribution in [1.82, 2.24) is 14.9 Å². The van der Waals surface area contributed by atoms with Crippen molar-refractivity contribution in [2.24, 2.45) is 0 Å². The molecule has 126 valence electrons. The van der Waals surface area contributed by atoms with Gasteiger partial charge in [0.1, 0.15) is 6.54 Å². The maximum atomic E-state index is 12.6. The number of nitrogens with zero attached hydrogens (tertiary/aromatic N) is 2. The van der Waals surface area contributed by atoms with Crippen molar-refractivity contribution in [2.45, 2.75) is 19.5 Å². The van der Waals surface area contributed by atoms with Gasteiger partial charge in [-0.25, -0.2) is 4.98 Å². The molecule has 2 aromatic carbocycles. The zero-order valence-electron chi connectivity index (χ0n) is 13.9. The molecule has 3 rings (SSSR count). The lowest BCUT2D eigenvalue weighted by Gasteiger charge is -2.15. The van der Waals surface area contributed by atoms with Crippen LogP contribution in [0, 0.1) is 0 Å². The monoisotopic (exact) mass is 333 g/mol. The lowest BCUT2D eigenvalue weighted by molar-refractivity contribution is -0.122. The van der Waals surface area contributed by atoms with E-state index < -0.39 is 0 Å². The van der Waals surface area contributed by atoms with Crippen LogP contribution in [-0.4, -0.2) is 15.5 Å². The van der Waals surface area contributed by atoms with E-state index in [1.165, 1.54) is 17.1 Å². The number of aromatic nitrogens is 2. The lowest BCUT2D eigenvalue weighted by Crippen LogP contribution is -2.34. The third kappa shape index (κ3) is 4.01. The predicted octanol–water partition coefficient (Wildman–Crippen LogP) is 2.79. The minimum absolute atomic E-state index is 0.0658. The van der Waals surface area contributed by atoms with Crippen LogP contribution in [-0.2, 0) is 11.3 Å². The van der Waals surface area contributed by atoms with Gasteiger partial charge in [-0.15, -0.1) is 0 Å². The molecule has 0 unspecified atom stereocenters. The van der Waals surface area contributed by atoms with Gasteiger partial charge in [-0.2, -0.15) is 0 Å². The summed E-state index contributed by atoms with van der Waals surface area (Å²) in [6.45, 7) is 1.85. The minimum Gasteiger partial charge on any atom is -0.348 e. The zero-order chi connectivity index (χ0) is 17.6. The van der Waals surface area contributed by atoms with E-state index in [-0.39, 0.29) is 24.1 Å². The van der Waals surface area contributed by atoms with E-state index in [0.717, 1.165) is 11.1 Å². The van der Waals surface area contributed by atoms with Crippen LogP contribution in [0.15, 0.2) is 78.0 Å². The summed E-state index contributed by atoms with van der Waals surface area (Å²) < 4.78 is 1.33. The van der Waals surface area contributed by atoms with E-state index in [4.69, 9.17) is 0 Å². The maximum absolute atomic E-state index is 12.6. The summed E-state index contributed by atoms with van der Waals surface area (Å²) in [5, 5.41) is 2.90. The number of carbonyl (C=O) groups excluding carboxylic acids is 1. The first kappa shape index (κ1) is 16.6. The quantitative estimate of drug-likeness (QED) is 0.781. The highest BCUT2D eigenvalue weighted by molar-refractivity contribution is 5.76. The van der Waals surface area contributed by atoms with Crippen molar-refractivity contribution in [1.29, 1.82) is 0 Å². The Morgan fingerprint density at radius 1 is 1.08 bits per heavy atom. The summed E-state index contributed by atoms with van der Waals surface area (Å²) in [6.07, 6.45) is 2.92. The summed E-state index contributed by atoms with van der Waals surface area (Å²) in [6, 6.07) is 18.9. The SMILES string of the molecule is C[C@H](NC(=O)Cn1cncc(-c2ccccc2)c1=O)c1ccccc1. The molecule has 1 amide bonds. The third-order valence-electron chi connectivity index (χ3n) is 3.98. The molecule has 3 aromatic rings. The van der Waals surface area contributed by atoms with Crippen molar-refractivity contribution in [3.8, 4) is 11.1 Å². The number of rotatable bonds is 5. The summed E-state index contributed by atoms with van der Waals surface area (Å²) in [4.78, 5) is 29.0. The average Bonchev–Trinajstić information content (AvgIpc) is 2.65. The third-order valence-corrected chi connectivity index (χ3v) is 3.98. The minimum atomic E-state index is -0.233. The maximum Gasteiger partial charge on any atom is 0.261 e. The van der Waals surface area contributed by atoms with Crippen molar-refractivity contribution in [2.75, 3.05) is 0 Å². The van der Waals surface area contributed by atoms with Crippen LogP contribution in [0.4, 0.5) is 0 Å². The van der Waals surface area contributed by atoms with Crippen LogP contribution in [0.5, 0.6) is 0 Å². The normalized spacial score (nSPS) is 11.7. The molecule has 0 bridgehead atoms. The van der Waals surface area contributed by atoms with Gasteiger partial charge in [0.15, 0.2) is 0 Å². The van der Waals surface area contributed by atoms with E-state index in [1.54, 1.807) is 0 Å². The molecule has 5 nitrogen and oxygen atoms in total. The molecule has 0 fully saturated rings. The standard InChI is InChI=1S/C20H19N3O2/c1-15(16-8-4-2-5-9-16)22-19(24)13-23-14-21-12-18(20(23)25)17-10-6-3-7-11-17/h2-12,14-15H,13H2,1H3,(H,22,24)/t15-/m0/s1. The lowest BCUT2D eigenvalue weighted by atomic mass is 10.1. The van der Waals surface area contributed by atoms with Gasteiger partial charge in [-0.05, 0) is 18.1 Å². The Kier molecular flexibility index (Phi) is 5.04. The van der Waals surface area contributed by atoms with E-state index in [0.29, 0.717) is 5.56 Å². The summed E-state index contributed by atoms with van der Waals surface area (Å²) in [5.74, 6) is -0.231.